The quantitative estimate of drug-likeness (QED) is 0.707. The second kappa shape index (κ2) is 7.72. The van der Waals surface area contributed by atoms with Crippen molar-refractivity contribution in [2.45, 2.75) is 25.8 Å². The lowest BCUT2D eigenvalue weighted by Crippen LogP contribution is -2.36. The van der Waals surface area contributed by atoms with Crippen molar-refractivity contribution in [1.29, 1.82) is 0 Å². The Morgan fingerprint density at radius 1 is 0.933 bits per heavy atom. The van der Waals surface area contributed by atoms with E-state index in [4.69, 9.17) is 9.47 Å². The molecule has 0 atom stereocenters. The Bertz CT molecular complexity index is 940. The highest BCUT2D eigenvalue weighted by atomic mass is 19.1. The van der Waals surface area contributed by atoms with Crippen LogP contribution in [0, 0.1) is 11.7 Å². The van der Waals surface area contributed by atoms with Crippen molar-refractivity contribution in [3.05, 3.63) is 58.9 Å². The first-order chi connectivity index (χ1) is 14.6. The van der Waals surface area contributed by atoms with Gasteiger partial charge in [-0.15, -0.1) is 0 Å². The number of rotatable bonds is 5. The van der Waals surface area contributed by atoms with Crippen molar-refractivity contribution in [3.63, 3.8) is 0 Å². The molecule has 6 nitrogen and oxygen atoms in total. The van der Waals surface area contributed by atoms with E-state index in [1.54, 1.807) is 12.1 Å². The van der Waals surface area contributed by atoms with Crippen LogP contribution in [0.5, 0.6) is 11.5 Å². The van der Waals surface area contributed by atoms with Crippen molar-refractivity contribution < 1.29 is 23.5 Å². The van der Waals surface area contributed by atoms with Gasteiger partial charge in [0.25, 0.3) is 11.8 Å². The molecule has 2 aromatic carbocycles. The average molecular weight is 410 g/mol. The number of ether oxygens (including phenoxy) is 2. The summed E-state index contributed by atoms with van der Waals surface area (Å²) < 4.78 is 23.7. The molecule has 156 valence electrons. The number of imide groups is 1. The summed E-state index contributed by atoms with van der Waals surface area (Å²) in [7, 11) is 0. The number of amides is 2. The lowest BCUT2D eigenvalue weighted by atomic mass is 9.93. The number of carbonyl (C=O) groups is 2. The molecule has 5 rings (SSSR count). The normalized spacial score (nSPS) is 18.9. The number of halogens is 1. The smallest absolute Gasteiger partial charge is 0.261 e. The molecule has 1 fully saturated rings. The molecule has 1 saturated heterocycles. The largest absolute Gasteiger partial charge is 0.454 e. The fourth-order valence-electron chi connectivity index (χ4n) is 4.47. The molecule has 3 heterocycles. The third-order valence-corrected chi connectivity index (χ3v) is 6.25. The standard InChI is InChI=1S/C23H23FN2O4/c24-17-3-1-16(2-4-17)13-25-8-5-15(6-9-25)7-10-26-22(27)18-11-20-21(30-14-29-20)12-19(18)23(26)28/h1-4,11-12,15H,5-10,13-14H2. The van der Waals surface area contributed by atoms with Crippen LogP contribution in [0.2, 0.25) is 0 Å². The van der Waals surface area contributed by atoms with Crippen LogP contribution in [-0.4, -0.2) is 48.0 Å². The number of fused-ring (bicyclic) bond motifs is 2. The molecule has 3 aliphatic rings. The van der Waals surface area contributed by atoms with Gasteiger partial charge in [0.1, 0.15) is 5.82 Å². The number of hydrogen-bond donors (Lipinski definition) is 0. The highest BCUT2D eigenvalue weighted by molar-refractivity contribution is 6.21. The van der Waals surface area contributed by atoms with E-state index < -0.39 is 0 Å². The van der Waals surface area contributed by atoms with Gasteiger partial charge in [-0.05, 0) is 68.1 Å². The second-order valence-corrected chi connectivity index (χ2v) is 8.15. The molecule has 2 aromatic rings. The molecule has 0 aliphatic carbocycles. The third-order valence-electron chi connectivity index (χ3n) is 6.25. The summed E-state index contributed by atoms with van der Waals surface area (Å²) in [5.41, 5.74) is 1.91. The van der Waals surface area contributed by atoms with Crippen LogP contribution in [-0.2, 0) is 6.54 Å². The molecule has 0 aromatic heterocycles. The van der Waals surface area contributed by atoms with Gasteiger partial charge in [-0.3, -0.25) is 19.4 Å². The van der Waals surface area contributed by atoms with Crippen molar-refractivity contribution in [1.82, 2.24) is 9.80 Å². The van der Waals surface area contributed by atoms with Crippen molar-refractivity contribution >= 4 is 11.8 Å². The van der Waals surface area contributed by atoms with Crippen LogP contribution in [0.3, 0.4) is 0 Å². The van der Waals surface area contributed by atoms with Gasteiger partial charge >= 0.3 is 0 Å². The topological polar surface area (TPSA) is 59.1 Å². The fraction of sp³-hybridized carbons (Fsp3) is 0.391. The Balaban J connectivity index is 1.14. The van der Waals surface area contributed by atoms with E-state index in [9.17, 15) is 14.0 Å². The van der Waals surface area contributed by atoms with E-state index >= 15 is 0 Å². The van der Waals surface area contributed by atoms with Gasteiger partial charge in [-0.1, -0.05) is 12.1 Å². The average Bonchev–Trinajstić information content (AvgIpc) is 3.31. The lowest BCUT2D eigenvalue weighted by molar-refractivity contribution is 0.0635. The van der Waals surface area contributed by atoms with Gasteiger partial charge in [-0.2, -0.15) is 0 Å². The minimum Gasteiger partial charge on any atom is -0.454 e. The van der Waals surface area contributed by atoms with Crippen molar-refractivity contribution in [2.75, 3.05) is 26.4 Å². The molecule has 0 saturated carbocycles. The summed E-state index contributed by atoms with van der Waals surface area (Å²) in [5, 5.41) is 0. The van der Waals surface area contributed by atoms with Crippen molar-refractivity contribution in [2.24, 2.45) is 5.92 Å². The maximum atomic E-state index is 13.1. The molecule has 3 aliphatic heterocycles. The van der Waals surface area contributed by atoms with Gasteiger partial charge in [0.15, 0.2) is 11.5 Å². The molecule has 0 unspecified atom stereocenters. The zero-order valence-corrected chi connectivity index (χ0v) is 16.6. The van der Waals surface area contributed by atoms with Crippen LogP contribution in [0.1, 0.15) is 45.5 Å². The van der Waals surface area contributed by atoms with E-state index in [1.165, 1.54) is 17.0 Å². The van der Waals surface area contributed by atoms with Gasteiger partial charge < -0.3 is 9.47 Å². The zero-order chi connectivity index (χ0) is 20.7. The van der Waals surface area contributed by atoms with E-state index in [-0.39, 0.29) is 24.4 Å². The maximum absolute atomic E-state index is 13.1. The molecule has 0 N–H and O–H groups in total. The SMILES string of the molecule is O=C1c2cc3c(cc2C(=O)N1CCC1CCN(Cc2ccc(F)cc2)CC1)OCO3. The van der Waals surface area contributed by atoms with Crippen molar-refractivity contribution in [3.8, 4) is 11.5 Å². The first-order valence-electron chi connectivity index (χ1n) is 10.3. The molecule has 0 radical (unpaired) electrons. The highest BCUT2D eigenvalue weighted by Gasteiger charge is 2.38. The van der Waals surface area contributed by atoms with Gasteiger partial charge in [0.05, 0.1) is 11.1 Å². The van der Waals surface area contributed by atoms with Gasteiger partial charge in [-0.25, -0.2) is 4.39 Å². The first-order valence-corrected chi connectivity index (χ1v) is 10.3. The van der Waals surface area contributed by atoms with E-state index in [0.29, 0.717) is 35.1 Å². The number of piperidine rings is 1. The Kier molecular flexibility index (Phi) is 4.90. The number of benzene rings is 2. The highest BCUT2D eigenvalue weighted by Crippen LogP contribution is 2.38. The maximum Gasteiger partial charge on any atom is 0.261 e. The van der Waals surface area contributed by atoms with E-state index in [1.807, 2.05) is 12.1 Å². The zero-order valence-electron chi connectivity index (χ0n) is 16.6. The lowest BCUT2D eigenvalue weighted by Gasteiger charge is -2.32. The number of hydrogen-bond acceptors (Lipinski definition) is 5. The predicted molar refractivity (Wildman–Crippen MR) is 107 cm³/mol. The fourth-order valence-corrected chi connectivity index (χ4v) is 4.47. The monoisotopic (exact) mass is 410 g/mol. The van der Waals surface area contributed by atoms with Crippen LogP contribution in [0.25, 0.3) is 0 Å². The summed E-state index contributed by atoms with van der Waals surface area (Å²) >= 11 is 0. The van der Waals surface area contributed by atoms with Crippen LogP contribution in [0.15, 0.2) is 36.4 Å². The Morgan fingerprint density at radius 2 is 1.53 bits per heavy atom. The molecule has 2 amide bonds. The molecule has 30 heavy (non-hydrogen) atoms. The van der Waals surface area contributed by atoms with Crippen LogP contribution in [0.4, 0.5) is 4.39 Å². The first kappa shape index (κ1) is 19.1. The molecular weight excluding hydrogens is 387 g/mol. The molecule has 0 bridgehead atoms. The summed E-state index contributed by atoms with van der Waals surface area (Å²) in [6, 6.07) is 9.89. The Morgan fingerprint density at radius 3 is 2.13 bits per heavy atom. The van der Waals surface area contributed by atoms with Gasteiger partial charge in [0, 0.05) is 13.1 Å². The minimum atomic E-state index is -0.248. The summed E-state index contributed by atoms with van der Waals surface area (Å²) in [6.45, 7) is 3.29. The summed E-state index contributed by atoms with van der Waals surface area (Å²) in [6.07, 6.45) is 2.86. The third kappa shape index (κ3) is 3.54. The van der Waals surface area contributed by atoms with Crippen LogP contribution < -0.4 is 9.47 Å². The number of carbonyl (C=O) groups excluding carboxylic acids is 2. The Hall–Kier alpha value is -2.93. The molecule has 7 heteroatoms. The summed E-state index contributed by atoms with van der Waals surface area (Å²) in [4.78, 5) is 29.2. The summed E-state index contributed by atoms with van der Waals surface area (Å²) in [5.74, 6) is 0.811. The Labute approximate surface area is 174 Å². The minimum absolute atomic E-state index is 0.115. The second-order valence-electron chi connectivity index (χ2n) is 8.15. The van der Waals surface area contributed by atoms with E-state index in [2.05, 4.69) is 4.90 Å². The van der Waals surface area contributed by atoms with E-state index in [0.717, 1.165) is 44.5 Å². The molecular formula is C23H23FN2O4. The number of nitrogens with zero attached hydrogens (tertiary/aromatic N) is 2. The number of likely N-dealkylation sites (tertiary alicyclic amines) is 1. The molecule has 0 spiro atoms. The van der Waals surface area contributed by atoms with Gasteiger partial charge in [0.2, 0.25) is 6.79 Å². The van der Waals surface area contributed by atoms with Crippen LogP contribution >= 0.6 is 0 Å². The predicted octanol–water partition coefficient (Wildman–Crippen LogP) is 3.45.